The SMILES string of the molecule is CCCCCCCCCCC=CC1(C)OOC2CC1CC(=O)C2C. The molecule has 2 aliphatic rings. The summed E-state index contributed by atoms with van der Waals surface area (Å²) in [6.07, 6.45) is 17.7. The number of carbonyl (C=O) groups is 1. The van der Waals surface area contributed by atoms with Gasteiger partial charge in [-0.05, 0) is 26.2 Å². The van der Waals surface area contributed by atoms with E-state index in [1.807, 2.05) is 6.92 Å². The highest BCUT2D eigenvalue weighted by Crippen LogP contribution is 2.42. The molecule has 1 saturated carbocycles. The Balaban J connectivity index is 1.64. The summed E-state index contributed by atoms with van der Waals surface area (Å²) in [5.41, 5.74) is -0.438. The second-order valence-electron chi connectivity index (χ2n) is 7.96. The van der Waals surface area contributed by atoms with Crippen LogP contribution in [0.25, 0.3) is 0 Å². The van der Waals surface area contributed by atoms with Gasteiger partial charge in [-0.2, -0.15) is 0 Å². The third-order valence-corrected chi connectivity index (χ3v) is 5.86. The summed E-state index contributed by atoms with van der Waals surface area (Å²) in [5, 5.41) is 0. The molecule has 138 valence electrons. The number of rotatable bonds is 10. The Morgan fingerprint density at radius 2 is 1.79 bits per heavy atom. The van der Waals surface area contributed by atoms with Gasteiger partial charge >= 0.3 is 0 Å². The van der Waals surface area contributed by atoms with Crippen LogP contribution < -0.4 is 0 Å². The van der Waals surface area contributed by atoms with Crippen LogP contribution >= 0.6 is 0 Å². The molecule has 4 atom stereocenters. The number of Topliss-reactive ketones (excluding diaryl/α,β-unsaturated/α-hetero) is 1. The van der Waals surface area contributed by atoms with Crippen molar-refractivity contribution in [3.8, 4) is 0 Å². The number of hydrogen-bond donors (Lipinski definition) is 0. The minimum Gasteiger partial charge on any atom is -0.299 e. The zero-order chi connectivity index (χ0) is 17.4. The fourth-order valence-corrected chi connectivity index (χ4v) is 3.87. The van der Waals surface area contributed by atoms with Crippen molar-refractivity contribution in [3.05, 3.63) is 12.2 Å². The lowest BCUT2D eigenvalue weighted by Gasteiger charge is -2.45. The fourth-order valence-electron chi connectivity index (χ4n) is 3.87. The number of ketones is 1. The van der Waals surface area contributed by atoms with Gasteiger partial charge in [0.25, 0.3) is 0 Å². The van der Waals surface area contributed by atoms with E-state index in [9.17, 15) is 4.79 Å². The summed E-state index contributed by atoms with van der Waals surface area (Å²) < 4.78 is 0. The van der Waals surface area contributed by atoms with Crippen LogP contribution in [-0.2, 0) is 14.6 Å². The van der Waals surface area contributed by atoms with Crippen molar-refractivity contribution in [2.24, 2.45) is 11.8 Å². The zero-order valence-corrected chi connectivity index (χ0v) is 15.9. The molecule has 2 bridgehead atoms. The van der Waals surface area contributed by atoms with Crippen molar-refractivity contribution < 1.29 is 14.6 Å². The Labute approximate surface area is 148 Å². The topological polar surface area (TPSA) is 35.5 Å². The van der Waals surface area contributed by atoms with Gasteiger partial charge in [0.15, 0.2) is 0 Å². The maximum atomic E-state index is 12.1. The predicted octanol–water partition coefficient (Wildman–Crippen LogP) is 5.78. The second-order valence-corrected chi connectivity index (χ2v) is 7.96. The molecule has 0 spiro atoms. The lowest BCUT2D eigenvalue weighted by atomic mass is 9.71. The second kappa shape index (κ2) is 9.72. The first-order valence-electron chi connectivity index (χ1n) is 10.1. The summed E-state index contributed by atoms with van der Waals surface area (Å²) in [5.74, 6) is 0.559. The molecule has 3 nitrogen and oxygen atoms in total. The highest BCUT2D eigenvalue weighted by Gasteiger charge is 2.48. The lowest BCUT2D eigenvalue weighted by Crippen LogP contribution is -2.52. The van der Waals surface area contributed by atoms with Gasteiger partial charge in [0, 0.05) is 18.3 Å². The molecule has 0 N–H and O–H groups in total. The summed E-state index contributed by atoms with van der Waals surface area (Å²) in [4.78, 5) is 23.3. The molecule has 1 aliphatic heterocycles. The summed E-state index contributed by atoms with van der Waals surface area (Å²) >= 11 is 0. The molecule has 0 amide bonds. The predicted molar refractivity (Wildman–Crippen MR) is 97.6 cm³/mol. The van der Waals surface area contributed by atoms with E-state index < -0.39 is 5.60 Å². The van der Waals surface area contributed by atoms with Crippen LogP contribution in [0.4, 0.5) is 0 Å². The van der Waals surface area contributed by atoms with E-state index in [0.717, 1.165) is 12.8 Å². The number of carbonyl (C=O) groups excluding carboxylic acids is 1. The number of unbranched alkanes of at least 4 members (excludes halogenated alkanes) is 8. The molecule has 1 aliphatic carbocycles. The molecule has 4 unspecified atom stereocenters. The van der Waals surface area contributed by atoms with Crippen molar-refractivity contribution in [2.75, 3.05) is 0 Å². The molecule has 24 heavy (non-hydrogen) atoms. The summed E-state index contributed by atoms with van der Waals surface area (Å²) in [6.45, 7) is 6.27. The third kappa shape index (κ3) is 5.42. The van der Waals surface area contributed by atoms with Gasteiger partial charge in [0.2, 0.25) is 0 Å². The number of hydrogen-bond acceptors (Lipinski definition) is 3. The first-order chi connectivity index (χ1) is 11.6. The van der Waals surface area contributed by atoms with E-state index in [1.54, 1.807) is 0 Å². The Morgan fingerprint density at radius 3 is 2.50 bits per heavy atom. The van der Waals surface area contributed by atoms with E-state index in [4.69, 9.17) is 9.78 Å². The fraction of sp³-hybridized carbons (Fsp3) is 0.857. The maximum Gasteiger partial charge on any atom is 0.138 e. The van der Waals surface area contributed by atoms with Crippen LogP contribution in [0.3, 0.4) is 0 Å². The zero-order valence-electron chi connectivity index (χ0n) is 15.9. The van der Waals surface area contributed by atoms with Crippen molar-refractivity contribution in [1.82, 2.24) is 0 Å². The van der Waals surface area contributed by atoms with Crippen molar-refractivity contribution >= 4 is 5.78 Å². The van der Waals surface area contributed by atoms with E-state index in [-0.39, 0.29) is 17.9 Å². The molecule has 0 aromatic heterocycles. The average Bonchev–Trinajstić information content (AvgIpc) is 2.57. The molecule has 3 heteroatoms. The van der Waals surface area contributed by atoms with Gasteiger partial charge in [-0.1, -0.05) is 70.9 Å². The Hall–Kier alpha value is -0.670. The lowest BCUT2D eigenvalue weighted by molar-refractivity contribution is -0.415. The molecule has 0 radical (unpaired) electrons. The molecule has 2 fully saturated rings. The van der Waals surface area contributed by atoms with E-state index in [1.165, 1.54) is 51.4 Å². The van der Waals surface area contributed by atoms with Crippen LogP contribution in [0.2, 0.25) is 0 Å². The van der Waals surface area contributed by atoms with E-state index in [0.29, 0.717) is 12.2 Å². The molecule has 2 rings (SSSR count). The van der Waals surface area contributed by atoms with E-state index in [2.05, 4.69) is 26.0 Å². The average molecular weight is 337 g/mol. The summed E-state index contributed by atoms with van der Waals surface area (Å²) in [7, 11) is 0. The smallest absolute Gasteiger partial charge is 0.138 e. The first kappa shape index (κ1) is 19.7. The highest BCUT2D eigenvalue weighted by atomic mass is 17.2. The van der Waals surface area contributed by atoms with Crippen LogP contribution in [0, 0.1) is 11.8 Å². The number of allylic oxidation sites excluding steroid dienone is 1. The molecule has 0 aromatic carbocycles. The minimum absolute atomic E-state index is 0.0212. The van der Waals surface area contributed by atoms with Gasteiger partial charge in [-0.3, -0.25) is 4.79 Å². The Morgan fingerprint density at radius 1 is 1.12 bits per heavy atom. The quantitative estimate of drug-likeness (QED) is 0.288. The number of fused-ring (bicyclic) bond motifs is 2. The highest BCUT2D eigenvalue weighted by molar-refractivity contribution is 5.82. The standard InChI is InChI=1S/C21H36O3/c1-4-5-6-7-8-9-10-11-12-13-14-21(3)18-15-19(22)17(2)20(16-18)23-24-21/h13-14,17-18,20H,4-12,15-16H2,1-3H3. The minimum atomic E-state index is -0.438. The van der Waals surface area contributed by atoms with Gasteiger partial charge in [-0.25, -0.2) is 9.78 Å². The van der Waals surface area contributed by atoms with Crippen LogP contribution in [0.1, 0.15) is 91.4 Å². The van der Waals surface area contributed by atoms with Gasteiger partial charge in [0.1, 0.15) is 17.5 Å². The van der Waals surface area contributed by atoms with Crippen LogP contribution in [-0.4, -0.2) is 17.5 Å². The largest absolute Gasteiger partial charge is 0.299 e. The van der Waals surface area contributed by atoms with E-state index >= 15 is 0 Å². The van der Waals surface area contributed by atoms with Crippen LogP contribution in [0.15, 0.2) is 12.2 Å². The van der Waals surface area contributed by atoms with Crippen molar-refractivity contribution in [3.63, 3.8) is 0 Å². The normalized spacial score (nSPS) is 33.3. The summed E-state index contributed by atoms with van der Waals surface area (Å²) in [6, 6.07) is 0. The van der Waals surface area contributed by atoms with Gasteiger partial charge in [-0.15, -0.1) is 0 Å². The molecule has 0 aromatic rings. The third-order valence-electron chi connectivity index (χ3n) is 5.86. The van der Waals surface area contributed by atoms with Gasteiger partial charge in [0.05, 0.1) is 0 Å². The molecular weight excluding hydrogens is 300 g/mol. The van der Waals surface area contributed by atoms with Crippen LogP contribution in [0.5, 0.6) is 0 Å². The monoisotopic (exact) mass is 336 g/mol. The van der Waals surface area contributed by atoms with Crippen molar-refractivity contribution in [2.45, 2.75) is 103 Å². The Kier molecular flexibility index (Phi) is 7.96. The molecule has 1 heterocycles. The maximum absolute atomic E-state index is 12.1. The molecule has 1 saturated heterocycles. The van der Waals surface area contributed by atoms with Gasteiger partial charge < -0.3 is 0 Å². The first-order valence-corrected chi connectivity index (χ1v) is 10.1. The molecular formula is C21H36O3. The Bertz CT molecular complexity index is 417. The van der Waals surface area contributed by atoms with Crippen molar-refractivity contribution in [1.29, 1.82) is 0 Å².